The minimum Gasteiger partial charge on any atom is -0.416 e. The summed E-state index contributed by atoms with van der Waals surface area (Å²) in [7, 11) is 0. The van der Waals surface area contributed by atoms with Gasteiger partial charge >= 0.3 is 13.7 Å². The lowest BCUT2D eigenvalue weighted by Gasteiger charge is -2.42. The Hall–Kier alpha value is -1.65. The van der Waals surface area contributed by atoms with Crippen molar-refractivity contribution in [3.05, 3.63) is 48.6 Å². The normalized spacial score (nSPS) is 27.8. The Morgan fingerprint density at radius 3 is 1.78 bits per heavy atom. The number of nitrogens with one attached hydrogen (secondary N) is 4. The van der Waals surface area contributed by atoms with Gasteiger partial charge in [0.1, 0.15) is 0 Å². The highest BCUT2D eigenvalue weighted by molar-refractivity contribution is 7.23. The highest BCUT2D eigenvalue weighted by Crippen LogP contribution is 2.26. The molecular formula is C12H14B2N4. The second kappa shape index (κ2) is 3.93. The highest BCUT2D eigenvalue weighted by atomic mass is 15.1. The van der Waals surface area contributed by atoms with Crippen molar-refractivity contribution in [3.63, 3.8) is 0 Å². The van der Waals surface area contributed by atoms with Crippen molar-refractivity contribution in [2.75, 3.05) is 10.5 Å². The molecule has 0 aromatic heterocycles. The van der Waals surface area contributed by atoms with E-state index in [4.69, 9.17) is 0 Å². The van der Waals surface area contributed by atoms with E-state index in [9.17, 15) is 0 Å². The molecule has 1 aromatic rings. The molecule has 0 bridgehead atoms. The van der Waals surface area contributed by atoms with Crippen molar-refractivity contribution < 1.29 is 0 Å². The number of hydrogen-bond donors (Lipinski definition) is 4. The van der Waals surface area contributed by atoms with Crippen LogP contribution in [0.1, 0.15) is 0 Å². The highest BCUT2D eigenvalue weighted by Gasteiger charge is 2.44. The first-order valence-corrected chi connectivity index (χ1v) is 6.39. The van der Waals surface area contributed by atoms with Gasteiger partial charge in [-0.2, -0.15) is 0 Å². The summed E-state index contributed by atoms with van der Waals surface area (Å²) >= 11 is 0. The fourth-order valence-corrected chi connectivity index (χ4v) is 2.85. The molecule has 0 saturated carbocycles. The summed E-state index contributed by atoms with van der Waals surface area (Å²) in [6.07, 6.45) is 8.60. The molecule has 18 heavy (non-hydrogen) atoms. The van der Waals surface area contributed by atoms with E-state index in [0.29, 0.717) is 12.1 Å². The second-order valence-corrected chi connectivity index (χ2v) is 4.94. The fraction of sp³-hybridized carbons (Fsp3) is 0.167. The van der Waals surface area contributed by atoms with Gasteiger partial charge in [0.25, 0.3) is 0 Å². The third kappa shape index (κ3) is 1.57. The van der Waals surface area contributed by atoms with E-state index in [0.717, 1.165) is 11.4 Å². The molecule has 1 saturated heterocycles. The largest absolute Gasteiger partial charge is 0.416 e. The van der Waals surface area contributed by atoms with Crippen LogP contribution in [0.4, 0.5) is 11.4 Å². The van der Waals surface area contributed by atoms with Gasteiger partial charge < -0.3 is 20.9 Å². The maximum absolute atomic E-state index is 3.62. The molecule has 1 fully saturated rings. The second-order valence-electron chi connectivity index (χ2n) is 4.94. The van der Waals surface area contributed by atoms with Gasteiger partial charge in [0.15, 0.2) is 0 Å². The Morgan fingerprint density at radius 1 is 0.778 bits per heavy atom. The average molecular weight is 236 g/mol. The number of fused-ring (bicyclic) bond motifs is 3. The Balaban J connectivity index is 1.63. The lowest BCUT2D eigenvalue weighted by atomic mass is 9.31. The van der Waals surface area contributed by atoms with Crippen LogP contribution < -0.4 is 20.9 Å². The van der Waals surface area contributed by atoms with E-state index in [-0.39, 0.29) is 13.7 Å². The average Bonchev–Trinajstić information content (AvgIpc) is 2.42. The van der Waals surface area contributed by atoms with Gasteiger partial charge in [0.05, 0.1) is 0 Å². The van der Waals surface area contributed by atoms with Crippen molar-refractivity contribution in [1.29, 1.82) is 0 Å². The van der Waals surface area contributed by atoms with Crippen LogP contribution in [-0.2, 0) is 0 Å². The molecule has 2 heterocycles. The number of allylic oxidation sites excluding steroid dienone is 2. The molecule has 0 amide bonds. The van der Waals surface area contributed by atoms with Gasteiger partial charge in [0, 0.05) is 23.5 Å². The first kappa shape index (κ1) is 10.3. The summed E-state index contributed by atoms with van der Waals surface area (Å²) in [6.45, 7) is 0.412. The van der Waals surface area contributed by atoms with Crippen molar-refractivity contribution >= 4 is 25.1 Å². The van der Waals surface area contributed by atoms with E-state index in [1.54, 1.807) is 0 Å². The molecule has 1 aromatic carbocycles. The van der Waals surface area contributed by atoms with E-state index < -0.39 is 0 Å². The number of anilines is 2. The molecule has 0 radical (unpaired) electrons. The van der Waals surface area contributed by atoms with Gasteiger partial charge in [-0.05, 0) is 12.1 Å². The monoisotopic (exact) mass is 236 g/mol. The van der Waals surface area contributed by atoms with Crippen LogP contribution in [0.25, 0.3) is 0 Å². The number of hydrogen-bond acceptors (Lipinski definition) is 4. The Kier molecular flexibility index (Phi) is 2.25. The van der Waals surface area contributed by atoms with Gasteiger partial charge in [-0.3, -0.25) is 0 Å². The smallest absolute Gasteiger partial charge is 0.346 e. The van der Waals surface area contributed by atoms with Crippen molar-refractivity contribution in [3.8, 4) is 0 Å². The van der Waals surface area contributed by atoms with Crippen LogP contribution >= 0.6 is 0 Å². The van der Waals surface area contributed by atoms with Gasteiger partial charge in [0.2, 0.25) is 0 Å². The van der Waals surface area contributed by atoms with Crippen LogP contribution in [0, 0.1) is 0 Å². The third-order valence-electron chi connectivity index (χ3n) is 3.76. The van der Waals surface area contributed by atoms with E-state index in [2.05, 4.69) is 69.5 Å². The minimum absolute atomic E-state index is 0.206. The summed E-state index contributed by atoms with van der Waals surface area (Å²) < 4.78 is 0. The Morgan fingerprint density at radius 2 is 1.28 bits per heavy atom. The molecule has 2 atom stereocenters. The predicted octanol–water partition coefficient (Wildman–Crippen LogP) is 0.635. The minimum atomic E-state index is 0.206. The van der Waals surface area contributed by atoms with Gasteiger partial charge in [-0.1, -0.05) is 36.4 Å². The zero-order valence-corrected chi connectivity index (χ0v) is 9.93. The molecule has 88 valence electrons. The van der Waals surface area contributed by atoms with Crippen LogP contribution in [0.5, 0.6) is 0 Å². The number of rotatable bonds is 0. The fourth-order valence-electron chi connectivity index (χ4n) is 2.85. The lowest BCUT2D eigenvalue weighted by molar-refractivity contribution is 0.592. The van der Waals surface area contributed by atoms with Gasteiger partial charge in [-0.15, -0.1) is 0 Å². The van der Waals surface area contributed by atoms with Gasteiger partial charge in [-0.25, -0.2) is 0 Å². The predicted molar refractivity (Wildman–Crippen MR) is 77.3 cm³/mol. The Labute approximate surface area is 107 Å². The van der Waals surface area contributed by atoms with Crippen molar-refractivity contribution in [2.24, 2.45) is 0 Å². The third-order valence-corrected chi connectivity index (χ3v) is 3.76. The van der Waals surface area contributed by atoms with Crippen LogP contribution in [0.3, 0.4) is 0 Å². The maximum atomic E-state index is 3.62. The molecule has 6 heteroatoms. The van der Waals surface area contributed by atoms with Crippen LogP contribution in [0.2, 0.25) is 0 Å². The molecule has 2 unspecified atom stereocenters. The lowest BCUT2D eigenvalue weighted by Crippen LogP contribution is -2.76. The zero-order valence-electron chi connectivity index (χ0n) is 9.93. The number of para-hydroxylation sites is 2. The molecule has 0 spiro atoms. The SMILES string of the molecule is C1=CC2NB3Nc4ccccc4NB3NC2C=C1. The molecule has 4 N–H and O–H groups in total. The van der Waals surface area contributed by atoms with Crippen LogP contribution in [-0.4, -0.2) is 25.8 Å². The summed E-state index contributed by atoms with van der Waals surface area (Å²) in [5.74, 6) is 0. The standard InChI is InChI=1S/C12H14B2N4/c1-2-6-10-9(5-1)15-13-14(16-10)18-12-8-4-3-7-11(12)17-13/h1-10,15-18H. The molecule has 4 rings (SSSR count). The summed E-state index contributed by atoms with van der Waals surface area (Å²) in [4.78, 5) is 0. The van der Waals surface area contributed by atoms with Crippen molar-refractivity contribution in [2.45, 2.75) is 12.1 Å². The zero-order chi connectivity index (χ0) is 11.9. The maximum Gasteiger partial charge on any atom is 0.346 e. The summed E-state index contributed by atoms with van der Waals surface area (Å²) in [5.41, 5.74) is 2.31. The topological polar surface area (TPSA) is 48.1 Å². The number of benzene rings is 1. The molecule has 1 aliphatic carbocycles. The summed E-state index contributed by atoms with van der Waals surface area (Å²) in [6, 6.07) is 9.02. The van der Waals surface area contributed by atoms with E-state index in [1.807, 2.05) is 0 Å². The first-order valence-electron chi connectivity index (χ1n) is 6.39. The molecule has 3 aliphatic rings. The molecule has 4 nitrogen and oxygen atoms in total. The summed E-state index contributed by atoms with van der Waals surface area (Å²) in [5, 5.41) is 14.3. The molecular weight excluding hydrogens is 222 g/mol. The quantitative estimate of drug-likeness (QED) is 0.499. The first-order chi connectivity index (χ1) is 8.90. The van der Waals surface area contributed by atoms with E-state index >= 15 is 0 Å². The molecule has 2 aliphatic heterocycles. The Bertz CT molecular complexity index is 484. The van der Waals surface area contributed by atoms with Crippen molar-refractivity contribution in [1.82, 2.24) is 10.5 Å². The van der Waals surface area contributed by atoms with Crippen LogP contribution in [0.15, 0.2) is 48.6 Å². The van der Waals surface area contributed by atoms with E-state index in [1.165, 1.54) is 0 Å².